The number of aliphatic hydroxyl groups is 1. The fourth-order valence-corrected chi connectivity index (χ4v) is 5.85. The highest BCUT2D eigenvalue weighted by Gasteiger charge is 2.31. The van der Waals surface area contributed by atoms with E-state index in [1.807, 2.05) is 0 Å². The average molecular weight is 563 g/mol. The van der Waals surface area contributed by atoms with Gasteiger partial charge in [-0.25, -0.2) is 0 Å². The summed E-state index contributed by atoms with van der Waals surface area (Å²) in [4.78, 5) is 0. The van der Waals surface area contributed by atoms with Crippen LogP contribution in [0, 0.1) is 5.41 Å². The lowest BCUT2D eigenvalue weighted by Crippen LogP contribution is -2.28. The summed E-state index contributed by atoms with van der Waals surface area (Å²) in [6.45, 7) is 22.6. The van der Waals surface area contributed by atoms with E-state index < -0.39 is 0 Å². The molecule has 0 saturated carbocycles. The van der Waals surface area contributed by atoms with Gasteiger partial charge in [-0.1, -0.05) is 89.3 Å². The molecule has 1 aliphatic carbocycles. The fourth-order valence-electron chi connectivity index (χ4n) is 5.85. The summed E-state index contributed by atoms with van der Waals surface area (Å²) >= 11 is 0. The fraction of sp³-hybridized carbons (Fsp3) is 0.650. The summed E-state index contributed by atoms with van der Waals surface area (Å²) in [5.74, 6) is 0. The van der Waals surface area contributed by atoms with Gasteiger partial charge in [-0.05, 0) is 156 Å². The maximum atomic E-state index is 10.3. The normalized spacial score (nSPS) is 19.2. The molecule has 0 heterocycles. The second kappa shape index (κ2) is 20.1. The van der Waals surface area contributed by atoms with Crippen LogP contribution in [0.1, 0.15) is 159 Å². The molecule has 0 amide bonds. The summed E-state index contributed by atoms with van der Waals surface area (Å²) in [5, 5.41) is 10.3. The Bertz CT molecular complexity index is 997. The SMILES string of the molecule is CC(C)=CCC/C(C)=C/CC/C(C)=C/CC/C(C)=C/CC/C=C(\C)CC/C=C(\C)CCC1=C(C)C(O)CCC1(C)C. The molecule has 0 fully saturated rings. The Kier molecular flexibility index (Phi) is 18.2. The zero-order valence-corrected chi connectivity index (χ0v) is 28.9. The third-order valence-corrected chi connectivity index (χ3v) is 8.94. The minimum atomic E-state index is -0.232. The maximum absolute atomic E-state index is 10.3. The minimum Gasteiger partial charge on any atom is -0.389 e. The van der Waals surface area contributed by atoms with Gasteiger partial charge in [-0.2, -0.15) is 0 Å². The highest BCUT2D eigenvalue weighted by molar-refractivity contribution is 5.26. The molecule has 0 radical (unpaired) electrons. The van der Waals surface area contributed by atoms with E-state index in [0.717, 1.165) is 57.8 Å². The summed E-state index contributed by atoms with van der Waals surface area (Å²) < 4.78 is 0. The van der Waals surface area contributed by atoms with Crippen LogP contribution in [0.25, 0.3) is 0 Å². The molecule has 1 aliphatic rings. The molecule has 41 heavy (non-hydrogen) atoms. The average Bonchev–Trinajstić information content (AvgIpc) is 2.88. The van der Waals surface area contributed by atoms with Crippen molar-refractivity contribution in [1.82, 2.24) is 0 Å². The van der Waals surface area contributed by atoms with Crippen LogP contribution in [0.2, 0.25) is 0 Å². The lowest BCUT2D eigenvalue weighted by molar-refractivity contribution is 0.158. The van der Waals surface area contributed by atoms with Gasteiger partial charge in [-0.3, -0.25) is 0 Å². The van der Waals surface area contributed by atoms with E-state index in [2.05, 4.69) is 106 Å². The number of aliphatic hydroxyl groups excluding tert-OH is 1. The van der Waals surface area contributed by atoms with Crippen molar-refractivity contribution in [2.45, 2.75) is 165 Å². The van der Waals surface area contributed by atoms with Gasteiger partial charge in [0.05, 0.1) is 6.10 Å². The monoisotopic (exact) mass is 563 g/mol. The lowest BCUT2D eigenvalue weighted by Gasteiger charge is -2.37. The lowest BCUT2D eigenvalue weighted by atomic mass is 9.70. The molecule has 0 aromatic rings. The molecule has 1 nitrogen and oxygen atoms in total. The van der Waals surface area contributed by atoms with E-state index >= 15 is 0 Å². The number of allylic oxidation sites excluding steroid dienone is 13. The van der Waals surface area contributed by atoms with Crippen molar-refractivity contribution in [2.24, 2.45) is 5.41 Å². The van der Waals surface area contributed by atoms with Crippen molar-refractivity contribution in [1.29, 1.82) is 0 Å². The van der Waals surface area contributed by atoms with Crippen LogP contribution in [0.4, 0.5) is 0 Å². The molecular weight excluding hydrogens is 496 g/mol. The molecule has 0 saturated heterocycles. The van der Waals surface area contributed by atoms with Gasteiger partial charge in [0.15, 0.2) is 0 Å². The van der Waals surface area contributed by atoms with Crippen LogP contribution in [-0.4, -0.2) is 11.2 Å². The molecule has 0 spiro atoms. The van der Waals surface area contributed by atoms with Crippen LogP contribution >= 0.6 is 0 Å². The van der Waals surface area contributed by atoms with Crippen LogP contribution in [0.15, 0.2) is 81.0 Å². The van der Waals surface area contributed by atoms with E-state index in [4.69, 9.17) is 0 Å². The Hall–Kier alpha value is -1.86. The Morgan fingerprint density at radius 2 is 0.976 bits per heavy atom. The molecule has 1 rings (SSSR count). The quantitative estimate of drug-likeness (QED) is 0.130. The van der Waals surface area contributed by atoms with Gasteiger partial charge in [0.2, 0.25) is 0 Å². The zero-order valence-electron chi connectivity index (χ0n) is 28.9. The van der Waals surface area contributed by atoms with Crippen molar-refractivity contribution in [3.63, 3.8) is 0 Å². The maximum Gasteiger partial charge on any atom is 0.0750 e. The van der Waals surface area contributed by atoms with Gasteiger partial charge in [-0.15, -0.1) is 0 Å². The van der Waals surface area contributed by atoms with Gasteiger partial charge >= 0.3 is 0 Å². The Labute approximate surface area is 256 Å². The first-order valence-electron chi connectivity index (χ1n) is 16.6. The minimum absolute atomic E-state index is 0.229. The summed E-state index contributed by atoms with van der Waals surface area (Å²) in [6, 6.07) is 0. The third kappa shape index (κ3) is 17.0. The van der Waals surface area contributed by atoms with Gasteiger partial charge in [0.1, 0.15) is 0 Å². The first-order valence-corrected chi connectivity index (χ1v) is 16.6. The topological polar surface area (TPSA) is 20.2 Å². The van der Waals surface area contributed by atoms with Crippen molar-refractivity contribution >= 4 is 0 Å². The van der Waals surface area contributed by atoms with Crippen molar-refractivity contribution in [3.8, 4) is 0 Å². The largest absolute Gasteiger partial charge is 0.389 e. The number of hydrogen-bond acceptors (Lipinski definition) is 1. The zero-order chi connectivity index (χ0) is 30.8. The summed E-state index contributed by atoms with van der Waals surface area (Å²) in [7, 11) is 0. The Morgan fingerprint density at radius 1 is 0.610 bits per heavy atom. The van der Waals surface area contributed by atoms with E-state index in [9.17, 15) is 5.11 Å². The van der Waals surface area contributed by atoms with Crippen LogP contribution in [0.5, 0.6) is 0 Å². The highest BCUT2D eigenvalue weighted by atomic mass is 16.3. The standard InChI is InChI=1S/C40H66O/c1-31(2)17-13-20-34(5)23-15-25-35(6)24-14-21-32(3)18-11-12-19-33(4)22-16-26-36(7)27-28-38-37(8)39(41)29-30-40(38,9)10/h17-19,23-24,26,39,41H,11-16,20-22,25,27-30H2,1-10H3/b32-18+,33-19+,34-23+,35-24+,36-26+. The second-order valence-electron chi connectivity index (χ2n) is 13.9. The third-order valence-electron chi connectivity index (χ3n) is 8.94. The first kappa shape index (κ1) is 37.2. The predicted octanol–water partition coefficient (Wildman–Crippen LogP) is 12.9. The number of unbranched alkanes of at least 4 members (excludes halogenated alkanes) is 1. The molecule has 0 aromatic heterocycles. The molecule has 1 N–H and O–H groups in total. The Balaban J connectivity index is 2.29. The summed E-state index contributed by atoms with van der Waals surface area (Å²) in [5.41, 5.74) is 11.9. The molecule has 0 aliphatic heterocycles. The highest BCUT2D eigenvalue weighted by Crippen LogP contribution is 2.42. The van der Waals surface area contributed by atoms with Gasteiger partial charge in [0, 0.05) is 0 Å². The van der Waals surface area contributed by atoms with Crippen molar-refractivity contribution in [2.75, 3.05) is 0 Å². The molecule has 0 bridgehead atoms. The van der Waals surface area contributed by atoms with E-state index in [-0.39, 0.29) is 11.5 Å². The molecule has 1 heteroatoms. The second-order valence-corrected chi connectivity index (χ2v) is 13.9. The van der Waals surface area contributed by atoms with Crippen LogP contribution < -0.4 is 0 Å². The van der Waals surface area contributed by atoms with Gasteiger partial charge in [0.25, 0.3) is 0 Å². The van der Waals surface area contributed by atoms with E-state index in [1.54, 1.807) is 0 Å². The molecule has 0 aromatic carbocycles. The van der Waals surface area contributed by atoms with Crippen molar-refractivity contribution < 1.29 is 5.11 Å². The van der Waals surface area contributed by atoms with Gasteiger partial charge < -0.3 is 5.11 Å². The molecule has 1 atom stereocenters. The number of hydrogen-bond donors (Lipinski definition) is 1. The smallest absolute Gasteiger partial charge is 0.0750 e. The predicted molar refractivity (Wildman–Crippen MR) is 185 cm³/mol. The first-order chi connectivity index (χ1) is 19.3. The molecule has 232 valence electrons. The molecule has 1 unspecified atom stereocenters. The van der Waals surface area contributed by atoms with E-state index in [1.165, 1.54) is 76.7 Å². The van der Waals surface area contributed by atoms with Crippen LogP contribution in [0.3, 0.4) is 0 Å². The van der Waals surface area contributed by atoms with Crippen molar-refractivity contribution in [3.05, 3.63) is 81.0 Å². The van der Waals surface area contributed by atoms with E-state index in [0.29, 0.717) is 0 Å². The molecular formula is C40H66O. The Morgan fingerprint density at radius 3 is 1.39 bits per heavy atom. The number of rotatable bonds is 18. The summed E-state index contributed by atoms with van der Waals surface area (Å²) in [6.07, 6.45) is 30.1. The van der Waals surface area contributed by atoms with Crippen LogP contribution in [-0.2, 0) is 0 Å².